The standard InChI is InChI=1S/C26H40FN3O4Si/c1-19-23(20(2)30(28-19)18-32-14-15-35(4,5)6)8-7-13-33-25-16-21(9-10-24(25)27)26(31)34-22-11-12-29(3)17-22/h9-10,16,22H,7-8,11-15,17-18H2,1-6H3. The maximum Gasteiger partial charge on any atom is 0.338 e. The zero-order chi connectivity index (χ0) is 25.6. The summed E-state index contributed by atoms with van der Waals surface area (Å²) in [4.78, 5) is 14.6. The fraction of sp³-hybridized carbons (Fsp3) is 0.615. The zero-order valence-electron chi connectivity index (χ0n) is 22.0. The van der Waals surface area contributed by atoms with Gasteiger partial charge in [-0.1, -0.05) is 19.6 Å². The summed E-state index contributed by atoms with van der Waals surface area (Å²) in [5.74, 6) is -0.860. The summed E-state index contributed by atoms with van der Waals surface area (Å²) in [5, 5.41) is 4.62. The van der Waals surface area contributed by atoms with Gasteiger partial charge in [-0.2, -0.15) is 5.10 Å². The van der Waals surface area contributed by atoms with Gasteiger partial charge < -0.3 is 19.1 Å². The van der Waals surface area contributed by atoms with Crippen molar-refractivity contribution in [1.29, 1.82) is 0 Å². The molecule has 1 aromatic heterocycles. The average molecular weight is 506 g/mol. The summed E-state index contributed by atoms with van der Waals surface area (Å²) in [5.41, 5.74) is 3.54. The minimum absolute atomic E-state index is 0.0722. The molecule has 0 radical (unpaired) electrons. The van der Waals surface area contributed by atoms with E-state index in [-0.39, 0.29) is 11.9 Å². The number of aromatic nitrogens is 2. The van der Waals surface area contributed by atoms with Crippen molar-refractivity contribution < 1.29 is 23.4 Å². The maximum absolute atomic E-state index is 14.3. The number of benzene rings is 1. The summed E-state index contributed by atoms with van der Waals surface area (Å²) in [6.07, 6.45) is 2.16. The fourth-order valence-electron chi connectivity index (χ4n) is 4.13. The van der Waals surface area contributed by atoms with Crippen molar-refractivity contribution in [2.45, 2.75) is 71.6 Å². The predicted molar refractivity (Wildman–Crippen MR) is 137 cm³/mol. The molecular formula is C26H40FN3O4Si. The summed E-state index contributed by atoms with van der Waals surface area (Å²) in [6.45, 7) is 14.2. The van der Waals surface area contributed by atoms with E-state index in [0.29, 0.717) is 25.3 Å². The van der Waals surface area contributed by atoms with Crippen LogP contribution in [-0.2, 0) is 22.6 Å². The Hall–Kier alpha value is -2.23. The Morgan fingerprint density at radius 3 is 2.69 bits per heavy atom. The van der Waals surface area contributed by atoms with Crippen molar-refractivity contribution in [3.8, 4) is 5.75 Å². The second kappa shape index (κ2) is 12.1. The number of hydrogen-bond acceptors (Lipinski definition) is 6. The lowest BCUT2D eigenvalue weighted by atomic mass is 10.1. The molecular weight excluding hydrogens is 465 g/mol. The molecule has 1 aromatic carbocycles. The van der Waals surface area contributed by atoms with Gasteiger partial charge in [0.25, 0.3) is 0 Å². The number of nitrogens with zero attached hydrogens (tertiary/aromatic N) is 3. The highest BCUT2D eigenvalue weighted by molar-refractivity contribution is 6.76. The van der Waals surface area contributed by atoms with Crippen molar-refractivity contribution in [1.82, 2.24) is 14.7 Å². The van der Waals surface area contributed by atoms with Crippen molar-refractivity contribution >= 4 is 14.0 Å². The first kappa shape index (κ1) is 27.4. The molecule has 1 unspecified atom stereocenters. The molecule has 0 spiro atoms. The fourth-order valence-corrected chi connectivity index (χ4v) is 4.89. The molecule has 2 heterocycles. The smallest absolute Gasteiger partial charge is 0.338 e. The van der Waals surface area contributed by atoms with Gasteiger partial charge in [-0.25, -0.2) is 13.9 Å². The van der Waals surface area contributed by atoms with Crippen molar-refractivity contribution in [3.63, 3.8) is 0 Å². The van der Waals surface area contributed by atoms with E-state index < -0.39 is 19.9 Å². The maximum atomic E-state index is 14.3. The van der Waals surface area contributed by atoms with E-state index >= 15 is 0 Å². The van der Waals surface area contributed by atoms with Crippen LogP contribution >= 0.6 is 0 Å². The number of halogens is 1. The highest BCUT2D eigenvalue weighted by atomic mass is 28.3. The quantitative estimate of drug-likeness (QED) is 0.234. The number of ether oxygens (including phenoxy) is 3. The van der Waals surface area contributed by atoms with Gasteiger partial charge in [-0.05, 0) is 70.0 Å². The first-order valence-electron chi connectivity index (χ1n) is 12.5. The van der Waals surface area contributed by atoms with E-state index in [4.69, 9.17) is 14.2 Å². The molecule has 0 amide bonds. The molecule has 35 heavy (non-hydrogen) atoms. The summed E-state index contributed by atoms with van der Waals surface area (Å²) < 4.78 is 33.3. The van der Waals surface area contributed by atoms with Gasteiger partial charge in [0.15, 0.2) is 11.6 Å². The molecule has 0 aliphatic carbocycles. The molecule has 0 bridgehead atoms. The summed E-state index contributed by atoms with van der Waals surface area (Å²) in [7, 11) is 0.882. The third kappa shape index (κ3) is 8.15. The molecule has 0 saturated carbocycles. The molecule has 1 fully saturated rings. The minimum Gasteiger partial charge on any atom is -0.490 e. The Morgan fingerprint density at radius 2 is 2.00 bits per heavy atom. The molecule has 1 aliphatic rings. The number of rotatable bonds is 12. The lowest BCUT2D eigenvalue weighted by molar-refractivity contribution is 0.0326. The first-order chi connectivity index (χ1) is 16.5. The number of aryl methyl sites for hydroxylation is 1. The molecule has 2 aromatic rings. The van der Waals surface area contributed by atoms with E-state index in [0.717, 1.165) is 50.0 Å². The van der Waals surface area contributed by atoms with Crippen LogP contribution in [0.1, 0.15) is 40.2 Å². The van der Waals surface area contributed by atoms with Crippen LogP contribution in [0.3, 0.4) is 0 Å². The third-order valence-corrected chi connectivity index (χ3v) is 8.06. The van der Waals surface area contributed by atoms with Crippen LogP contribution in [0.15, 0.2) is 18.2 Å². The second-order valence-electron chi connectivity index (χ2n) is 10.7. The second-order valence-corrected chi connectivity index (χ2v) is 16.3. The lowest BCUT2D eigenvalue weighted by Gasteiger charge is -2.15. The van der Waals surface area contributed by atoms with Crippen LogP contribution in [0.25, 0.3) is 0 Å². The minimum atomic E-state index is -1.11. The molecule has 3 rings (SSSR count). The molecule has 1 atom stereocenters. The number of esters is 1. The summed E-state index contributed by atoms with van der Waals surface area (Å²) in [6, 6.07) is 5.26. The normalized spacial score (nSPS) is 16.6. The highest BCUT2D eigenvalue weighted by Gasteiger charge is 2.24. The van der Waals surface area contributed by atoms with Gasteiger partial charge in [0.1, 0.15) is 12.8 Å². The van der Waals surface area contributed by atoms with Gasteiger partial charge in [0, 0.05) is 33.5 Å². The Bertz CT molecular complexity index is 1010. The van der Waals surface area contributed by atoms with E-state index in [1.54, 1.807) is 0 Å². The van der Waals surface area contributed by atoms with Crippen LogP contribution < -0.4 is 4.74 Å². The Labute approximate surface area is 209 Å². The van der Waals surface area contributed by atoms with Crippen molar-refractivity contribution in [3.05, 3.63) is 46.5 Å². The van der Waals surface area contributed by atoms with E-state index in [1.165, 1.54) is 23.8 Å². The van der Waals surface area contributed by atoms with Crippen LogP contribution in [-0.4, -0.2) is 68.2 Å². The third-order valence-electron chi connectivity index (χ3n) is 6.36. The van der Waals surface area contributed by atoms with Crippen molar-refractivity contribution in [2.24, 2.45) is 0 Å². The molecule has 7 nitrogen and oxygen atoms in total. The number of carbonyl (C=O) groups is 1. The number of likely N-dealkylation sites (tertiary alicyclic amines) is 1. The van der Waals surface area contributed by atoms with Crippen LogP contribution in [0.5, 0.6) is 5.75 Å². The van der Waals surface area contributed by atoms with Crippen LogP contribution in [0, 0.1) is 19.7 Å². The number of likely N-dealkylation sites (N-methyl/N-ethyl adjacent to an activating group) is 1. The van der Waals surface area contributed by atoms with Crippen LogP contribution in [0.2, 0.25) is 25.7 Å². The van der Waals surface area contributed by atoms with Gasteiger partial charge in [0.2, 0.25) is 0 Å². The molecule has 194 valence electrons. The number of hydrogen-bond donors (Lipinski definition) is 0. The largest absolute Gasteiger partial charge is 0.490 e. The molecule has 9 heteroatoms. The molecule has 0 N–H and O–H groups in total. The van der Waals surface area contributed by atoms with E-state index in [1.807, 2.05) is 18.7 Å². The van der Waals surface area contributed by atoms with Gasteiger partial charge >= 0.3 is 5.97 Å². The van der Waals surface area contributed by atoms with Crippen LogP contribution in [0.4, 0.5) is 4.39 Å². The Balaban J connectivity index is 1.48. The van der Waals surface area contributed by atoms with Gasteiger partial charge in [-0.15, -0.1) is 0 Å². The Morgan fingerprint density at radius 1 is 1.23 bits per heavy atom. The predicted octanol–water partition coefficient (Wildman–Crippen LogP) is 4.82. The monoisotopic (exact) mass is 505 g/mol. The zero-order valence-corrected chi connectivity index (χ0v) is 23.0. The van der Waals surface area contributed by atoms with E-state index in [2.05, 4.69) is 36.6 Å². The molecule has 1 aliphatic heterocycles. The molecule has 1 saturated heterocycles. The topological polar surface area (TPSA) is 65.8 Å². The van der Waals surface area contributed by atoms with Gasteiger partial charge in [0.05, 0.1) is 17.9 Å². The SMILES string of the molecule is Cc1nn(COCC[Si](C)(C)C)c(C)c1CCCOc1cc(C(=O)OC2CCN(C)C2)ccc1F. The number of carbonyl (C=O) groups excluding carboxylic acids is 1. The summed E-state index contributed by atoms with van der Waals surface area (Å²) >= 11 is 0. The van der Waals surface area contributed by atoms with Gasteiger partial charge in [-0.3, -0.25) is 0 Å². The van der Waals surface area contributed by atoms with E-state index in [9.17, 15) is 9.18 Å². The average Bonchev–Trinajstić information content (AvgIpc) is 3.31. The highest BCUT2D eigenvalue weighted by Crippen LogP contribution is 2.22. The first-order valence-corrected chi connectivity index (χ1v) is 16.2. The lowest BCUT2D eigenvalue weighted by Crippen LogP contribution is -2.22. The van der Waals surface area contributed by atoms with Crippen molar-refractivity contribution in [2.75, 3.05) is 33.4 Å². The Kier molecular flexibility index (Phi) is 9.49.